The molecule has 2 unspecified atom stereocenters. The topological polar surface area (TPSA) is 35.2 Å². The van der Waals surface area contributed by atoms with Gasteiger partial charge >= 0.3 is 0 Å². The standard InChI is InChI=1S/C16H27NO/c1-5-14(6-2)11-18-16(13(4)17)15-10-8-7-9-12(15)3/h7-10,13-14,16H,5-6,11,17H2,1-4H3. The van der Waals surface area contributed by atoms with E-state index in [2.05, 4.69) is 45.0 Å². The van der Waals surface area contributed by atoms with E-state index in [4.69, 9.17) is 10.5 Å². The molecule has 102 valence electrons. The zero-order chi connectivity index (χ0) is 13.5. The van der Waals surface area contributed by atoms with E-state index in [1.807, 2.05) is 6.92 Å². The number of ether oxygens (including phenoxy) is 1. The molecule has 18 heavy (non-hydrogen) atoms. The van der Waals surface area contributed by atoms with Gasteiger partial charge in [0.25, 0.3) is 0 Å². The Morgan fingerprint density at radius 2 is 1.78 bits per heavy atom. The fourth-order valence-electron chi connectivity index (χ4n) is 2.19. The third kappa shape index (κ3) is 4.11. The molecule has 2 nitrogen and oxygen atoms in total. The summed E-state index contributed by atoms with van der Waals surface area (Å²) in [5.74, 6) is 0.635. The van der Waals surface area contributed by atoms with Gasteiger partial charge in [0.05, 0.1) is 12.7 Å². The van der Waals surface area contributed by atoms with E-state index < -0.39 is 0 Å². The second-order valence-corrected chi connectivity index (χ2v) is 5.15. The molecule has 2 atom stereocenters. The molecule has 0 radical (unpaired) electrons. The van der Waals surface area contributed by atoms with Crippen molar-refractivity contribution in [2.24, 2.45) is 11.7 Å². The van der Waals surface area contributed by atoms with Crippen LogP contribution in [0.4, 0.5) is 0 Å². The highest BCUT2D eigenvalue weighted by molar-refractivity contribution is 5.28. The molecule has 0 bridgehead atoms. The molecule has 0 aliphatic rings. The lowest BCUT2D eigenvalue weighted by Gasteiger charge is -2.25. The van der Waals surface area contributed by atoms with Gasteiger partial charge in [-0.3, -0.25) is 0 Å². The van der Waals surface area contributed by atoms with Crippen molar-refractivity contribution in [1.82, 2.24) is 0 Å². The zero-order valence-electron chi connectivity index (χ0n) is 12.1. The van der Waals surface area contributed by atoms with Crippen molar-refractivity contribution in [3.63, 3.8) is 0 Å². The van der Waals surface area contributed by atoms with Crippen LogP contribution in [0.1, 0.15) is 50.8 Å². The molecule has 0 spiro atoms. The molecule has 0 aliphatic heterocycles. The van der Waals surface area contributed by atoms with Gasteiger partial charge in [0, 0.05) is 6.04 Å². The molecule has 0 aromatic heterocycles. The Morgan fingerprint density at radius 3 is 2.28 bits per heavy atom. The van der Waals surface area contributed by atoms with Gasteiger partial charge in [0.2, 0.25) is 0 Å². The van der Waals surface area contributed by atoms with E-state index in [0.717, 1.165) is 19.4 Å². The summed E-state index contributed by atoms with van der Waals surface area (Å²) in [6, 6.07) is 8.36. The summed E-state index contributed by atoms with van der Waals surface area (Å²) in [5.41, 5.74) is 8.56. The first-order valence-corrected chi connectivity index (χ1v) is 7.02. The van der Waals surface area contributed by atoms with E-state index in [0.29, 0.717) is 5.92 Å². The van der Waals surface area contributed by atoms with Crippen molar-refractivity contribution < 1.29 is 4.74 Å². The first-order valence-electron chi connectivity index (χ1n) is 7.02. The molecule has 1 rings (SSSR count). The lowest BCUT2D eigenvalue weighted by molar-refractivity contribution is 0.0137. The molecule has 0 fully saturated rings. The second kappa shape index (κ2) is 7.55. The SMILES string of the molecule is CCC(CC)COC(c1ccccc1C)C(C)N. The van der Waals surface area contributed by atoms with Crippen LogP contribution < -0.4 is 5.73 Å². The molecule has 0 heterocycles. The summed E-state index contributed by atoms with van der Waals surface area (Å²) in [4.78, 5) is 0. The normalized spacial score (nSPS) is 14.8. The predicted octanol–water partition coefficient (Wildman–Crippen LogP) is 3.84. The van der Waals surface area contributed by atoms with Crippen LogP contribution in [-0.4, -0.2) is 12.6 Å². The van der Waals surface area contributed by atoms with Crippen molar-refractivity contribution >= 4 is 0 Å². The largest absolute Gasteiger partial charge is 0.372 e. The van der Waals surface area contributed by atoms with E-state index in [9.17, 15) is 0 Å². The van der Waals surface area contributed by atoms with Gasteiger partial charge < -0.3 is 10.5 Å². The fraction of sp³-hybridized carbons (Fsp3) is 0.625. The Kier molecular flexibility index (Phi) is 6.37. The van der Waals surface area contributed by atoms with Crippen LogP contribution in [0.25, 0.3) is 0 Å². The maximum atomic E-state index is 6.09. The van der Waals surface area contributed by atoms with E-state index >= 15 is 0 Å². The number of benzene rings is 1. The van der Waals surface area contributed by atoms with Gasteiger partial charge in [-0.05, 0) is 30.9 Å². The molecule has 0 aliphatic carbocycles. The van der Waals surface area contributed by atoms with Gasteiger partial charge in [-0.25, -0.2) is 0 Å². The summed E-state index contributed by atoms with van der Waals surface area (Å²) in [7, 11) is 0. The Balaban J connectivity index is 2.75. The van der Waals surface area contributed by atoms with Crippen LogP contribution in [-0.2, 0) is 4.74 Å². The Hall–Kier alpha value is -0.860. The Morgan fingerprint density at radius 1 is 1.17 bits per heavy atom. The van der Waals surface area contributed by atoms with E-state index in [1.165, 1.54) is 11.1 Å². The first-order chi connectivity index (χ1) is 8.60. The van der Waals surface area contributed by atoms with Crippen molar-refractivity contribution in [3.8, 4) is 0 Å². The molecule has 0 amide bonds. The van der Waals surface area contributed by atoms with Gasteiger partial charge in [0.1, 0.15) is 0 Å². The summed E-state index contributed by atoms with van der Waals surface area (Å²) < 4.78 is 6.09. The van der Waals surface area contributed by atoms with Crippen molar-refractivity contribution in [2.75, 3.05) is 6.61 Å². The summed E-state index contributed by atoms with van der Waals surface area (Å²) in [5, 5.41) is 0. The third-order valence-corrected chi connectivity index (χ3v) is 3.64. The minimum Gasteiger partial charge on any atom is -0.372 e. The third-order valence-electron chi connectivity index (χ3n) is 3.64. The lowest BCUT2D eigenvalue weighted by Crippen LogP contribution is -2.29. The highest BCUT2D eigenvalue weighted by atomic mass is 16.5. The quantitative estimate of drug-likeness (QED) is 0.797. The molecule has 0 saturated carbocycles. The van der Waals surface area contributed by atoms with Crippen LogP contribution in [0, 0.1) is 12.8 Å². The molecule has 2 heteroatoms. The van der Waals surface area contributed by atoms with Crippen LogP contribution in [0.3, 0.4) is 0 Å². The molecule has 1 aromatic rings. The van der Waals surface area contributed by atoms with Gasteiger partial charge in [-0.1, -0.05) is 51.0 Å². The Labute approximate surface area is 112 Å². The summed E-state index contributed by atoms with van der Waals surface area (Å²) in [6.07, 6.45) is 2.33. The number of rotatable bonds is 7. The van der Waals surface area contributed by atoms with Crippen LogP contribution in [0.15, 0.2) is 24.3 Å². The lowest BCUT2D eigenvalue weighted by atomic mass is 9.98. The number of aryl methyl sites for hydroxylation is 1. The van der Waals surface area contributed by atoms with Crippen molar-refractivity contribution in [2.45, 2.75) is 52.7 Å². The molecular weight excluding hydrogens is 222 g/mol. The van der Waals surface area contributed by atoms with Gasteiger partial charge in [0.15, 0.2) is 0 Å². The summed E-state index contributed by atoms with van der Waals surface area (Å²) in [6.45, 7) is 9.36. The molecule has 2 N–H and O–H groups in total. The highest BCUT2D eigenvalue weighted by Crippen LogP contribution is 2.25. The fourth-order valence-corrected chi connectivity index (χ4v) is 2.19. The Bertz CT molecular complexity index is 345. The zero-order valence-corrected chi connectivity index (χ0v) is 12.1. The van der Waals surface area contributed by atoms with Crippen LogP contribution in [0.5, 0.6) is 0 Å². The average Bonchev–Trinajstić information content (AvgIpc) is 2.36. The highest BCUT2D eigenvalue weighted by Gasteiger charge is 2.19. The van der Waals surface area contributed by atoms with E-state index in [1.54, 1.807) is 0 Å². The van der Waals surface area contributed by atoms with Crippen molar-refractivity contribution in [1.29, 1.82) is 0 Å². The smallest absolute Gasteiger partial charge is 0.0975 e. The summed E-state index contributed by atoms with van der Waals surface area (Å²) >= 11 is 0. The van der Waals surface area contributed by atoms with Gasteiger partial charge in [-0.15, -0.1) is 0 Å². The number of hydrogen-bond donors (Lipinski definition) is 1. The maximum Gasteiger partial charge on any atom is 0.0975 e. The van der Waals surface area contributed by atoms with Crippen molar-refractivity contribution in [3.05, 3.63) is 35.4 Å². The molecule has 0 saturated heterocycles. The average molecular weight is 249 g/mol. The van der Waals surface area contributed by atoms with E-state index in [-0.39, 0.29) is 12.1 Å². The minimum absolute atomic E-state index is 0.00630. The number of hydrogen-bond acceptors (Lipinski definition) is 2. The molecule has 1 aromatic carbocycles. The minimum atomic E-state index is 0.00630. The predicted molar refractivity (Wildman–Crippen MR) is 77.6 cm³/mol. The maximum absolute atomic E-state index is 6.09. The van der Waals surface area contributed by atoms with Gasteiger partial charge in [-0.2, -0.15) is 0 Å². The monoisotopic (exact) mass is 249 g/mol. The van der Waals surface area contributed by atoms with Crippen LogP contribution >= 0.6 is 0 Å². The molecular formula is C16H27NO. The second-order valence-electron chi connectivity index (χ2n) is 5.15. The van der Waals surface area contributed by atoms with Crippen LogP contribution in [0.2, 0.25) is 0 Å². The first kappa shape index (κ1) is 15.2. The number of nitrogens with two attached hydrogens (primary N) is 1.